The maximum absolute atomic E-state index is 2.28. The molecule has 144 valence electrons. The minimum atomic E-state index is 0. The van der Waals surface area contributed by atoms with Gasteiger partial charge in [0.05, 0.1) is 0 Å². The second-order valence-electron chi connectivity index (χ2n) is 6.33. The molecule has 0 saturated carbocycles. The average Bonchev–Trinajstić information content (AvgIpc) is 2.64. The first kappa shape index (κ1) is 26.2. The maximum Gasteiger partial charge on any atom is -0.0181 e. The van der Waals surface area contributed by atoms with Crippen molar-refractivity contribution >= 4 is 10.8 Å². The molecule has 0 atom stereocenters. The molecule has 0 amide bonds. The number of rotatable bonds is 2. The van der Waals surface area contributed by atoms with Crippen LogP contribution in [0.1, 0.15) is 79.4 Å². The van der Waals surface area contributed by atoms with Gasteiger partial charge in [-0.3, -0.25) is 0 Å². The summed E-state index contributed by atoms with van der Waals surface area (Å²) < 4.78 is 0. The SMILES string of the molecule is C.C.CC.CC(C)c1ccc2ccccc2c1.CC(C)c1ccccc1. The lowest BCUT2D eigenvalue weighted by Gasteiger charge is -2.06. The molecule has 0 N–H and O–H groups in total. The van der Waals surface area contributed by atoms with E-state index in [1.165, 1.54) is 21.9 Å². The highest BCUT2D eigenvalue weighted by atomic mass is 14.0. The Labute approximate surface area is 163 Å². The summed E-state index contributed by atoms with van der Waals surface area (Å²) in [5.41, 5.74) is 2.83. The van der Waals surface area contributed by atoms with Gasteiger partial charge in [0.15, 0.2) is 0 Å². The second-order valence-corrected chi connectivity index (χ2v) is 6.33. The molecule has 3 aromatic rings. The fourth-order valence-electron chi connectivity index (χ4n) is 2.40. The van der Waals surface area contributed by atoms with Crippen LogP contribution in [0.3, 0.4) is 0 Å². The third kappa shape index (κ3) is 8.34. The lowest BCUT2D eigenvalue weighted by atomic mass is 9.99. The molecular weight excluding hydrogens is 312 g/mol. The highest BCUT2D eigenvalue weighted by Gasteiger charge is 1.99. The van der Waals surface area contributed by atoms with Crippen molar-refractivity contribution < 1.29 is 0 Å². The van der Waals surface area contributed by atoms with Crippen molar-refractivity contribution in [2.24, 2.45) is 0 Å². The van der Waals surface area contributed by atoms with Crippen LogP contribution in [0.5, 0.6) is 0 Å². The molecule has 26 heavy (non-hydrogen) atoms. The van der Waals surface area contributed by atoms with Gasteiger partial charge >= 0.3 is 0 Å². The van der Waals surface area contributed by atoms with Crippen LogP contribution >= 0.6 is 0 Å². The third-order valence-electron chi connectivity index (χ3n) is 3.91. The summed E-state index contributed by atoms with van der Waals surface area (Å²) in [6.07, 6.45) is 0. The number of fused-ring (bicyclic) bond motifs is 1. The first-order chi connectivity index (χ1) is 11.6. The molecular formula is C26H40. The van der Waals surface area contributed by atoms with Crippen molar-refractivity contribution in [3.05, 3.63) is 83.9 Å². The maximum atomic E-state index is 2.28. The first-order valence-electron chi connectivity index (χ1n) is 9.11. The van der Waals surface area contributed by atoms with Crippen LogP contribution in [0.2, 0.25) is 0 Å². The Balaban J connectivity index is 0. The van der Waals surface area contributed by atoms with Gasteiger partial charge in [-0.2, -0.15) is 0 Å². The van der Waals surface area contributed by atoms with Crippen molar-refractivity contribution in [3.63, 3.8) is 0 Å². The molecule has 0 fully saturated rings. The van der Waals surface area contributed by atoms with Gasteiger partial charge in [0.25, 0.3) is 0 Å². The summed E-state index contributed by atoms with van der Waals surface area (Å²) in [7, 11) is 0. The van der Waals surface area contributed by atoms with Crippen LogP contribution in [0.4, 0.5) is 0 Å². The molecule has 0 radical (unpaired) electrons. The largest absolute Gasteiger partial charge is 0.0776 e. The zero-order valence-electron chi connectivity index (χ0n) is 16.1. The summed E-state index contributed by atoms with van der Waals surface area (Å²) in [4.78, 5) is 0. The van der Waals surface area contributed by atoms with Gasteiger partial charge in [-0.1, -0.05) is 129 Å². The molecule has 0 aromatic heterocycles. The quantitative estimate of drug-likeness (QED) is 0.431. The van der Waals surface area contributed by atoms with Crippen molar-refractivity contribution in [3.8, 4) is 0 Å². The van der Waals surface area contributed by atoms with E-state index in [1.807, 2.05) is 19.9 Å². The van der Waals surface area contributed by atoms with Crippen LogP contribution in [-0.4, -0.2) is 0 Å². The van der Waals surface area contributed by atoms with Crippen LogP contribution < -0.4 is 0 Å². The molecule has 0 unspecified atom stereocenters. The summed E-state index contributed by atoms with van der Waals surface area (Å²) in [6.45, 7) is 12.9. The fraction of sp³-hybridized carbons (Fsp3) is 0.385. The minimum Gasteiger partial charge on any atom is -0.0776 e. The van der Waals surface area contributed by atoms with Crippen molar-refractivity contribution in [2.45, 2.75) is 68.2 Å². The Morgan fingerprint density at radius 3 is 1.42 bits per heavy atom. The Morgan fingerprint density at radius 1 is 0.500 bits per heavy atom. The molecule has 3 rings (SSSR count). The van der Waals surface area contributed by atoms with E-state index in [1.54, 1.807) is 0 Å². The third-order valence-corrected chi connectivity index (χ3v) is 3.91. The number of hydrogen-bond donors (Lipinski definition) is 0. The molecule has 3 aromatic carbocycles. The van der Waals surface area contributed by atoms with Crippen molar-refractivity contribution in [2.75, 3.05) is 0 Å². The van der Waals surface area contributed by atoms with Crippen LogP contribution in [-0.2, 0) is 0 Å². The van der Waals surface area contributed by atoms with E-state index >= 15 is 0 Å². The molecule has 0 aliphatic heterocycles. The molecule has 0 aliphatic rings. The van der Waals surface area contributed by atoms with Gasteiger partial charge < -0.3 is 0 Å². The minimum absolute atomic E-state index is 0. The van der Waals surface area contributed by atoms with Gasteiger partial charge in [0.1, 0.15) is 0 Å². The first-order valence-corrected chi connectivity index (χ1v) is 9.11. The summed E-state index contributed by atoms with van der Waals surface area (Å²) >= 11 is 0. The van der Waals surface area contributed by atoms with E-state index in [0.717, 1.165) is 0 Å². The lowest BCUT2D eigenvalue weighted by Crippen LogP contribution is -1.85. The van der Waals surface area contributed by atoms with Gasteiger partial charge in [-0.05, 0) is 33.7 Å². The summed E-state index contributed by atoms with van der Waals surface area (Å²) in [5, 5.41) is 2.67. The van der Waals surface area contributed by atoms with E-state index in [2.05, 4.69) is 94.4 Å². The molecule has 0 aliphatic carbocycles. The Bertz CT molecular complexity index is 693. The van der Waals surface area contributed by atoms with Crippen LogP contribution in [0.25, 0.3) is 10.8 Å². The van der Waals surface area contributed by atoms with Gasteiger partial charge in [-0.15, -0.1) is 0 Å². The van der Waals surface area contributed by atoms with Crippen LogP contribution in [0, 0.1) is 0 Å². The smallest absolute Gasteiger partial charge is 0.0181 e. The zero-order chi connectivity index (χ0) is 17.9. The summed E-state index contributed by atoms with van der Waals surface area (Å²) in [6, 6.07) is 25.7. The highest BCUT2D eigenvalue weighted by Crippen LogP contribution is 2.20. The monoisotopic (exact) mass is 352 g/mol. The molecule has 0 spiro atoms. The number of benzene rings is 3. The normalized spacial score (nSPS) is 9.23. The van der Waals surface area contributed by atoms with E-state index < -0.39 is 0 Å². The van der Waals surface area contributed by atoms with E-state index in [0.29, 0.717) is 11.8 Å². The number of hydrogen-bond acceptors (Lipinski definition) is 0. The Kier molecular flexibility index (Phi) is 14.2. The summed E-state index contributed by atoms with van der Waals surface area (Å²) in [5.74, 6) is 1.27. The van der Waals surface area contributed by atoms with Gasteiger partial charge in [-0.25, -0.2) is 0 Å². The van der Waals surface area contributed by atoms with Crippen LogP contribution in [0.15, 0.2) is 72.8 Å². The van der Waals surface area contributed by atoms with Crippen molar-refractivity contribution in [1.82, 2.24) is 0 Å². The molecule has 0 heteroatoms. The van der Waals surface area contributed by atoms with E-state index in [4.69, 9.17) is 0 Å². The molecule has 0 nitrogen and oxygen atoms in total. The standard InChI is InChI=1S/C13H14.C9H12.C2H6.2CH4/c1-10(2)12-8-7-11-5-3-4-6-13(11)9-12;1-8(2)9-6-4-3-5-7-9;1-2;;/h3-10H,1-2H3;3-8H,1-2H3;1-2H3;2*1H4. The lowest BCUT2D eigenvalue weighted by molar-refractivity contribution is 0.867. The average molecular weight is 353 g/mol. The van der Waals surface area contributed by atoms with Gasteiger partial charge in [0.2, 0.25) is 0 Å². The Hall–Kier alpha value is -2.08. The van der Waals surface area contributed by atoms with E-state index in [9.17, 15) is 0 Å². The zero-order valence-corrected chi connectivity index (χ0v) is 16.1. The molecule has 0 heterocycles. The Morgan fingerprint density at radius 2 is 0.962 bits per heavy atom. The second kappa shape index (κ2) is 14.1. The predicted octanol–water partition coefficient (Wildman–Crippen LogP) is 9.07. The highest BCUT2D eigenvalue weighted by molar-refractivity contribution is 5.83. The molecule has 0 bridgehead atoms. The fourth-order valence-corrected chi connectivity index (χ4v) is 2.40. The van der Waals surface area contributed by atoms with Crippen molar-refractivity contribution in [1.29, 1.82) is 0 Å². The predicted molar refractivity (Wildman–Crippen MR) is 123 cm³/mol. The molecule has 0 saturated heterocycles. The van der Waals surface area contributed by atoms with E-state index in [-0.39, 0.29) is 14.9 Å². The topological polar surface area (TPSA) is 0 Å². The van der Waals surface area contributed by atoms with Gasteiger partial charge in [0, 0.05) is 0 Å².